The number of rotatable bonds is 2. The van der Waals surface area contributed by atoms with Crippen LogP contribution in [-0.4, -0.2) is 8.42 Å². The first-order valence-corrected chi connectivity index (χ1v) is 10.9. The molecule has 0 saturated carbocycles. The normalized spacial score (nSPS) is 16.0. The van der Waals surface area contributed by atoms with Gasteiger partial charge < -0.3 is 0 Å². The predicted octanol–water partition coefficient (Wildman–Crippen LogP) is 5.64. The lowest BCUT2D eigenvalue weighted by Crippen LogP contribution is -2.20. The Hall–Kier alpha value is -2.04. The van der Waals surface area contributed by atoms with Crippen molar-refractivity contribution in [2.24, 2.45) is 0 Å². The maximum Gasteiger partial charge on any atom is 0.189 e. The summed E-state index contributed by atoms with van der Waals surface area (Å²) >= 11 is 1.68. The van der Waals surface area contributed by atoms with Crippen molar-refractivity contribution in [3.63, 3.8) is 0 Å². The van der Waals surface area contributed by atoms with E-state index in [0.717, 1.165) is 37.6 Å². The Morgan fingerprint density at radius 2 is 1.46 bits per heavy atom. The molecule has 4 heteroatoms. The number of hydrogen-bond donors (Lipinski definition) is 0. The summed E-state index contributed by atoms with van der Waals surface area (Å²) in [5.41, 5.74) is 4.99. The molecule has 1 aliphatic heterocycles. The molecule has 1 unspecified atom stereocenters. The molecule has 0 radical (unpaired) electrons. The topological polar surface area (TPSA) is 34.1 Å². The molecule has 0 amide bonds. The predicted molar refractivity (Wildman–Crippen MR) is 107 cm³/mol. The molecule has 4 rings (SSSR count). The van der Waals surface area contributed by atoms with Gasteiger partial charge in [0.2, 0.25) is 0 Å². The lowest BCUT2D eigenvalue weighted by molar-refractivity contribution is 0.587. The molecule has 3 aromatic carbocycles. The van der Waals surface area contributed by atoms with Gasteiger partial charge in [-0.25, -0.2) is 8.42 Å². The fourth-order valence-corrected chi connectivity index (χ4v) is 6.89. The van der Waals surface area contributed by atoms with Crippen LogP contribution < -0.4 is 0 Å². The highest BCUT2D eigenvalue weighted by molar-refractivity contribution is 8.00. The Morgan fingerprint density at radius 1 is 0.808 bits per heavy atom. The van der Waals surface area contributed by atoms with Crippen LogP contribution in [0.3, 0.4) is 0 Å². The second-order valence-corrected chi connectivity index (χ2v) is 9.91. The van der Waals surface area contributed by atoms with Crippen molar-refractivity contribution in [1.82, 2.24) is 0 Å². The van der Waals surface area contributed by atoms with Gasteiger partial charge in [-0.05, 0) is 61.2 Å². The van der Waals surface area contributed by atoms with Crippen molar-refractivity contribution >= 4 is 21.6 Å². The van der Waals surface area contributed by atoms with Crippen molar-refractivity contribution in [2.45, 2.75) is 40.7 Å². The number of sulfone groups is 1. The Labute approximate surface area is 159 Å². The lowest BCUT2D eigenvalue weighted by Gasteiger charge is -2.30. The van der Waals surface area contributed by atoms with Gasteiger partial charge >= 0.3 is 0 Å². The van der Waals surface area contributed by atoms with Crippen LogP contribution in [0.5, 0.6) is 0 Å². The van der Waals surface area contributed by atoms with Crippen LogP contribution in [0.15, 0.2) is 75.4 Å². The van der Waals surface area contributed by atoms with E-state index in [1.54, 1.807) is 23.9 Å². The first kappa shape index (κ1) is 17.4. The zero-order chi connectivity index (χ0) is 18.5. The van der Waals surface area contributed by atoms with E-state index < -0.39 is 15.1 Å². The summed E-state index contributed by atoms with van der Waals surface area (Å²) in [4.78, 5) is 2.47. The van der Waals surface area contributed by atoms with Gasteiger partial charge in [-0.1, -0.05) is 59.8 Å². The molecule has 1 aliphatic rings. The standard InChI is InChI=1S/C22H20O2S2/c1-14-8-12-17(13-9-14)26(23,24)22-18-6-4-5-7-19(18)25-21-16(3)11-10-15(2)20(21)22/h4-13,22H,1-3H3. The second kappa shape index (κ2) is 6.29. The highest BCUT2D eigenvalue weighted by atomic mass is 32.2. The molecule has 0 saturated heterocycles. The van der Waals surface area contributed by atoms with Gasteiger partial charge in [-0.3, -0.25) is 0 Å². The van der Waals surface area contributed by atoms with Gasteiger partial charge in [0.05, 0.1) is 4.90 Å². The summed E-state index contributed by atoms with van der Waals surface area (Å²) in [7, 11) is -3.56. The summed E-state index contributed by atoms with van der Waals surface area (Å²) in [6.45, 7) is 6.02. The van der Waals surface area contributed by atoms with Crippen LogP contribution in [0, 0.1) is 20.8 Å². The summed E-state index contributed by atoms with van der Waals surface area (Å²) in [6, 6.07) is 19.1. The number of fused-ring (bicyclic) bond motifs is 2. The average molecular weight is 381 g/mol. The summed E-state index contributed by atoms with van der Waals surface area (Å²) < 4.78 is 27.4. The maximum absolute atomic E-state index is 13.7. The van der Waals surface area contributed by atoms with Crippen molar-refractivity contribution in [1.29, 1.82) is 0 Å². The molecular formula is C22H20O2S2. The molecule has 0 aliphatic carbocycles. The molecule has 0 fully saturated rings. The van der Waals surface area contributed by atoms with Crippen molar-refractivity contribution < 1.29 is 8.42 Å². The average Bonchev–Trinajstić information content (AvgIpc) is 2.63. The van der Waals surface area contributed by atoms with Crippen LogP contribution in [0.2, 0.25) is 0 Å². The van der Waals surface area contributed by atoms with Crippen LogP contribution in [0.1, 0.15) is 33.1 Å². The summed E-state index contributed by atoms with van der Waals surface area (Å²) in [5, 5.41) is -0.669. The molecule has 132 valence electrons. The minimum Gasteiger partial charge on any atom is -0.223 e. The van der Waals surface area contributed by atoms with Crippen molar-refractivity contribution in [3.8, 4) is 0 Å². The molecule has 2 nitrogen and oxygen atoms in total. The van der Waals surface area contributed by atoms with E-state index in [2.05, 4.69) is 13.0 Å². The Kier molecular flexibility index (Phi) is 4.20. The Morgan fingerprint density at radius 3 is 2.19 bits per heavy atom. The highest BCUT2D eigenvalue weighted by Gasteiger charge is 2.38. The first-order valence-electron chi connectivity index (χ1n) is 8.57. The van der Waals surface area contributed by atoms with E-state index in [1.165, 1.54) is 0 Å². The molecule has 3 aromatic rings. The zero-order valence-electron chi connectivity index (χ0n) is 15.0. The van der Waals surface area contributed by atoms with Gasteiger partial charge in [-0.2, -0.15) is 0 Å². The zero-order valence-corrected chi connectivity index (χ0v) is 16.6. The highest BCUT2D eigenvalue weighted by Crippen LogP contribution is 2.51. The summed E-state index contributed by atoms with van der Waals surface area (Å²) in [5.74, 6) is 0. The molecule has 1 atom stereocenters. The number of aryl methyl sites for hydroxylation is 3. The van der Waals surface area contributed by atoms with E-state index in [9.17, 15) is 8.42 Å². The van der Waals surface area contributed by atoms with Crippen molar-refractivity contribution in [2.75, 3.05) is 0 Å². The Bertz CT molecular complexity index is 1100. The van der Waals surface area contributed by atoms with Crippen LogP contribution in [0.4, 0.5) is 0 Å². The smallest absolute Gasteiger partial charge is 0.189 e. The fraction of sp³-hybridized carbons (Fsp3) is 0.182. The van der Waals surface area contributed by atoms with E-state index in [1.807, 2.05) is 56.3 Å². The largest absolute Gasteiger partial charge is 0.223 e. The summed E-state index contributed by atoms with van der Waals surface area (Å²) in [6.07, 6.45) is 0. The number of benzene rings is 3. The SMILES string of the molecule is Cc1ccc(S(=O)(=O)C2c3ccccc3Sc3c(C)ccc(C)c32)cc1. The molecule has 0 spiro atoms. The molecule has 1 heterocycles. The first-order chi connectivity index (χ1) is 12.4. The van der Waals surface area contributed by atoms with Gasteiger partial charge in [0, 0.05) is 9.79 Å². The van der Waals surface area contributed by atoms with E-state index in [0.29, 0.717) is 4.90 Å². The van der Waals surface area contributed by atoms with Gasteiger partial charge in [-0.15, -0.1) is 0 Å². The third kappa shape index (κ3) is 2.68. The second-order valence-electron chi connectivity index (χ2n) is 6.82. The monoisotopic (exact) mass is 380 g/mol. The molecule has 0 bridgehead atoms. The van der Waals surface area contributed by atoms with E-state index >= 15 is 0 Å². The van der Waals surface area contributed by atoms with Gasteiger partial charge in [0.25, 0.3) is 0 Å². The minimum atomic E-state index is -3.56. The third-order valence-electron chi connectivity index (χ3n) is 4.95. The maximum atomic E-state index is 13.7. The van der Waals surface area contributed by atoms with Crippen LogP contribution in [0.25, 0.3) is 0 Å². The van der Waals surface area contributed by atoms with E-state index in [4.69, 9.17) is 0 Å². The van der Waals surface area contributed by atoms with Gasteiger partial charge in [0.15, 0.2) is 9.84 Å². The molecule has 0 N–H and O–H groups in total. The van der Waals surface area contributed by atoms with Gasteiger partial charge in [0.1, 0.15) is 5.25 Å². The van der Waals surface area contributed by atoms with Crippen LogP contribution >= 0.6 is 11.8 Å². The fourth-order valence-electron chi connectivity index (χ4n) is 3.51. The molecule has 0 aromatic heterocycles. The molecule has 26 heavy (non-hydrogen) atoms. The third-order valence-corrected chi connectivity index (χ3v) is 8.32. The van der Waals surface area contributed by atoms with Crippen LogP contribution in [-0.2, 0) is 9.84 Å². The quantitative estimate of drug-likeness (QED) is 0.577. The Balaban J connectivity index is 2.02. The van der Waals surface area contributed by atoms with Crippen molar-refractivity contribution in [3.05, 3.63) is 88.5 Å². The minimum absolute atomic E-state index is 0.377. The lowest BCUT2D eigenvalue weighted by atomic mass is 9.97. The molecular weight excluding hydrogens is 360 g/mol. The number of hydrogen-bond acceptors (Lipinski definition) is 3. The van der Waals surface area contributed by atoms with E-state index in [-0.39, 0.29) is 0 Å².